The molecule has 2 aromatic rings. The van der Waals surface area contributed by atoms with E-state index in [1.54, 1.807) is 23.9 Å². The molecule has 0 radical (unpaired) electrons. The molecule has 0 aliphatic rings. The lowest BCUT2D eigenvalue weighted by atomic mass is 9.97. The standard InChI is InChI=1S/C21H18Cl4F3NOS/c1-31-7-6-19(30)29-11-13-4-2-12(8-16(13)22)3-5-15(21(26,27)28)14-9-17(23)20(25)18(24)10-14/h2-5,8-10,15H,6-7,11H2,1H3,(H,29,30)/b5-3+. The number of amides is 1. The van der Waals surface area contributed by atoms with E-state index in [1.807, 2.05) is 6.26 Å². The second-order valence-electron chi connectivity index (χ2n) is 6.55. The van der Waals surface area contributed by atoms with Crippen molar-refractivity contribution in [1.29, 1.82) is 0 Å². The Morgan fingerprint density at radius 3 is 2.29 bits per heavy atom. The molecule has 0 spiro atoms. The Bertz CT molecular complexity index is 943. The van der Waals surface area contributed by atoms with E-state index in [2.05, 4.69) is 5.32 Å². The second kappa shape index (κ2) is 11.7. The first-order valence-corrected chi connectivity index (χ1v) is 11.9. The van der Waals surface area contributed by atoms with Gasteiger partial charge < -0.3 is 5.32 Å². The smallest absolute Gasteiger partial charge is 0.352 e. The average Bonchev–Trinajstić information content (AvgIpc) is 2.68. The number of rotatable bonds is 8. The number of halogens is 7. The van der Waals surface area contributed by atoms with E-state index in [9.17, 15) is 18.0 Å². The minimum absolute atomic E-state index is 0.0000949. The van der Waals surface area contributed by atoms with Gasteiger partial charge in [-0.1, -0.05) is 70.7 Å². The lowest BCUT2D eigenvalue weighted by Gasteiger charge is -2.18. The molecule has 31 heavy (non-hydrogen) atoms. The molecule has 2 aromatic carbocycles. The number of nitrogens with one attached hydrogen (secondary N) is 1. The van der Waals surface area contributed by atoms with Gasteiger partial charge in [0.1, 0.15) is 0 Å². The predicted molar refractivity (Wildman–Crippen MR) is 126 cm³/mol. The SMILES string of the molecule is CSCCC(=O)NCc1ccc(/C=C/C(c2cc(Cl)c(Cl)c(Cl)c2)C(F)(F)F)cc1Cl. The van der Waals surface area contributed by atoms with Crippen LogP contribution in [0.3, 0.4) is 0 Å². The summed E-state index contributed by atoms with van der Waals surface area (Å²) in [5.41, 5.74) is 1.02. The number of hydrogen-bond donors (Lipinski definition) is 1. The Hall–Kier alpha value is -1.05. The van der Waals surface area contributed by atoms with E-state index < -0.39 is 12.1 Å². The summed E-state index contributed by atoms with van der Waals surface area (Å²) >= 11 is 25.4. The third kappa shape index (κ3) is 7.79. The maximum Gasteiger partial charge on any atom is 0.399 e. The molecule has 0 aromatic heterocycles. The quantitative estimate of drug-likeness (QED) is 0.350. The van der Waals surface area contributed by atoms with Gasteiger partial charge in [-0.15, -0.1) is 0 Å². The molecule has 0 bridgehead atoms. The van der Waals surface area contributed by atoms with E-state index in [1.165, 1.54) is 12.1 Å². The predicted octanol–water partition coefficient (Wildman–Crippen LogP) is 8.03. The molecule has 10 heteroatoms. The zero-order valence-corrected chi connectivity index (χ0v) is 20.0. The van der Waals surface area contributed by atoms with Crippen molar-refractivity contribution >= 4 is 70.1 Å². The summed E-state index contributed by atoms with van der Waals surface area (Å²) in [5.74, 6) is -1.31. The number of benzene rings is 2. The summed E-state index contributed by atoms with van der Waals surface area (Å²) in [4.78, 5) is 11.7. The van der Waals surface area contributed by atoms with Gasteiger partial charge in [-0.05, 0) is 41.1 Å². The minimum Gasteiger partial charge on any atom is -0.352 e. The van der Waals surface area contributed by atoms with Crippen molar-refractivity contribution in [3.8, 4) is 0 Å². The number of hydrogen-bond acceptors (Lipinski definition) is 2. The van der Waals surface area contributed by atoms with Crippen molar-refractivity contribution in [3.63, 3.8) is 0 Å². The summed E-state index contributed by atoms with van der Waals surface area (Å²) < 4.78 is 40.9. The molecule has 0 fully saturated rings. The molecule has 1 atom stereocenters. The number of carbonyl (C=O) groups excluding carboxylic acids is 1. The molecule has 0 heterocycles. The van der Waals surface area contributed by atoms with E-state index in [0.29, 0.717) is 28.3 Å². The Morgan fingerprint density at radius 2 is 1.74 bits per heavy atom. The number of thioether (sulfide) groups is 1. The third-order valence-electron chi connectivity index (χ3n) is 4.29. The van der Waals surface area contributed by atoms with Crippen LogP contribution in [0.25, 0.3) is 6.08 Å². The third-order valence-corrected chi connectivity index (χ3v) is 6.45. The number of alkyl halides is 3. The lowest BCUT2D eigenvalue weighted by molar-refractivity contribution is -0.139. The Kier molecular flexibility index (Phi) is 9.90. The average molecular weight is 531 g/mol. The molecule has 2 nitrogen and oxygen atoms in total. The van der Waals surface area contributed by atoms with Gasteiger partial charge in [-0.2, -0.15) is 24.9 Å². The van der Waals surface area contributed by atoms with Crippen LogP contribution >= 0.6 is 58.2 Å². The molecule has 0 saturated heterocycles. The highest BCUT2D eigenvalue weighted by molar-refractivity contribution is 7.98. The molecule has 2 rings (SSSR count). The van der Waals surface area contributed by atoms with Gasteiger partial charge in [-0.3, -0.25) is 4.79 Å². The molecule has 1 unspecified atom stereocenters. The normalized spacial score (nSPS) is 12.9. The second-order valence-corrected chi connectivity index (χ2v) is 9.13. The fourth-order valence-electron chi connectivity index (χ4n) is 2.66. The maximum atomic E-state index is 13.6. The first kappa shape index (κ1) is 26.2. The van der Waals surface area contributed by atoms with Gasteiger partial charge in [0.05, 0.1) is 21.0 Å². The van der Waals surface area contributed by atoms with Gasteiger partial charge in [0.25, 0.3) is 0 Å². The Labute approximate surface area is 203 Å². The Balaban J connectivity index is 2.19. The van der Waals surface area contributed by atoms with E-state index >= 15 is 0 Å². The maximum absolute atomic E-state index is 13.6. The highest BCUT2D eigenvalue weighted by atomic mass is 35.5. The topological polar surface area (TPSA) is 29.1 Å². The lowest BCUT2D eigenvalue weighted by Crippen LogP contribution is -2.23. The van der Waals surface area contributed by atoms with Gasteiger partial charge in [-0.25, -0.2) is 0 Å². The fourth-order valence-corrected chi connectivity index (χ4v) is 3.92. The van der Waals surface area contributed by atoms with Crippen LogP contribution in [-0.4, -0.2) is 24.1 Å². The largest absolute Gasteiger partial charge is 0.399 e. The minimum atomic E-state index is -4.57. The number of carbonyl (C=O) groups is 1. The van der Waals surface area contributed by atoms with Crippen LogP contribution in [0.1, 0.15) is 29.0 Å². The molecular weight excluding hydrogens is 513 g/mol. The zero-order valence-electron chi connectivity index (χ0n) is 16.2. The van der Waals surface area contributed by atoms with Crippen LogP contribution in [-0.2, 0) is 11.3 Å². The first-order valence-electron chi connectivity index (χ1n) is 8.96. The van der Waals surface area contributed by atoms with Crippen LogP contribution in [0.2, 0.25) is 20.1 Å². The summed E-state index contributed by atoms with van der Waals surface area (Å²) in [6.45, 7) is 0.239. The summed E-state index contributed by atoms with van der Waals surface area (Å²) in [5, 5.41) is 2.99. The van der Waals surface area contributed by atoms with Crippen molar-refractivity contribution in [1.82, 2.24) is 5.32 Å². The summed E-state index contributed by atoms with van der Waals surface area (Å²) in [6.07, 6.45) is 0.0709. The van der Waals surface area contributed by atoms with Crippen LogP contribution in [0, 0.1) is 0 Å². The zero-order chi connectivity index (χ0) is 23.2. The Morgan fingerprint density at radius 1 is 1.10 bits per heavy atom. The monoisotopic (exact) mass is 529 g/mol. The fraction of sp³-hybridized carbons (Fsp3) is 0.286. The van der Waals surface area contributed by atoms with Gasteiger partial charge in [0, 0.05) is 23.7 Å². The van der Waals surface area contributed by atoms with Gasteiger partial charge in [0.2, 0.25) is 5.91 Å². The van der Waals surface area contributed by atoms with Crippen molar-refractivity contribution in [2.24, 2.45) is 0 Å². The van der Waals surface area contributed by atoms with Crippen LogP contribution < -0.4 is 5.32 Å². The highest BCUT2D eigenvalue weighted by Crippen LogP contribution is 2.41. The first-order chi connectivity index (χ1) is 14.5. The van der Waals surface area contributed by atoms with E-state index in [-0.39, 0.29) is 33.1 Å². The van der Waals surface area contributed by atoms with Crippen LogP contribution in [0.4, 0.5) is 13.2 Å². The molecule has 1 N–H and O–H groups in total. The number of allylic oxidation sites excluding steroid dienone is 1. The molecule has 168 valence electrons. The summed E-state index contributed by atoms with van der Waals surface area (Å²) in [6, 6.07) is 7.12. The van der Waals surface area contributed by atoms with E-state index in [4.69, 9.17) is 46.4 Å². The van der Waals surface area contributed by atoms with Gasteiger partial charge >= 0.3 is 6.18 Å². The van der Waals surface area contributed by atoms with Gasteiger partial charge in [0.15, 0.2) is 0 Å². The van der Waals surface area contributed by atoms with Crippen molar-refractivity contribution < 1.29 is 18.0 Å². The van der Waals surface area contributed by atoms with Crippen molar-refractivity contribution in [3.05, 3.63) is 73.2 Å². The molecule has 0 aliphatic carbocycles. The molecule has 0 saturated carbocycles. The van der Waals surface area contributed by atoms with Crippen LogP contribution in [0.5, 0.6) is 0 Å². The summed E-state index contributed by atoms with van der Waals surface area (Å²) in [7, 11) is 0. The molecular formula is C21H18Cl4F3NOS. The van der Waals surface area contributed by atoms with Crippen LogP contribution in [0.15, 0.2) is 36.4 Å². The molecule has 1 amide bonds. The van der Waals surface area contributed by atoms with Crippen molar-refractivity contribution in [2.45, 2.75) is 25.1 Å². The van der Waals surface area contributed by atoms with Crippen molar-refractivity contribution in [2.75, 3.05) is 12.0 Å². The highest BCUT2D eigenvalue weighted by Gasteiger charge is 2.39. The molecule has 0 aliphatic heterocycles. The van der Waals surface area contributed by atoms with E-state index in [0.717, 1.165) is 18.2 Å².